The van der Waals surface area contributed by atoms with E-state index < -0.39 is 0 Å². The molecule has 0 unspecified atom stereocenters. The van der Waals surface area contributed by atoms with Crippen molar-refractivity contribution < 1.29 is 9.47 Å². The van der Waals surface area contributed by atoms with Crippen LogP contribution in [0.2, 0.25) is 5.15 Å². The molecule has 7 nitrogen and oxygen atoms in total. The summed E-state index contributed by atoms with van der Waals surface area (Å²) in [6.45, 7) is 3.66. The van der Waals surface area contributed by atoms with Crippen molar-refractivity contribution in [2.24, 2.45) is 0 Å². The van der Waals surface area contributed by atoms with Gasteiger partial charge in [0.25, 0.3) is 0 Å². The maximum atomic E-state index is 6.23. The molecule has 1 saturated heterocycles. The van der Waals surface area contributed by atoms with Crippen LogP contribution in [-0.4, -0.2) is 41.4 Å². The van der Waals surface area contributed by atoms with E-state index in [0.717, 1.165) is 36.0 Å². The van der Waals surface area contributed by atoms with Gasteiger partial charge in [-0.1, -0.05) is 30.5 Å². The molecule has 2 N–H and O–H groups in total. The van der Waals surface area contributed by atoms with Gasteiger partial charge in [0.1, 0.15) is 24.2 Å². The predicted molar refractivity (Wildman–Crippen MR) is 118 cm³/mol. The number of halogens is 1. The first-order chi connectivity index (χ1) is 14.2. The summed E-state index contributed by atoms with van der Waals surface area (Å²) in [4.78, 5) is 11.1. The monoisotopic (exact) mass is 433 g/mol. The quantitative estimate of drug-likeness (QED) is 0.557. The van der Waals surface area contributed by atoms with E-state index in [1.54, 1.807) is 0 Å². The normalized spacial score (nSPS) is 16.1. The summed E-state index contributed by atoms with van der Waals surface area (Å²) in [6.07, 6.45) is 4.85. The van der Waals surface area contributed by atoms with E-state index in [4.69, 9.17) is 33.3 Å². The van der Waals surface area contributed by atoms with Gasteiger partial charge in [-0.2, -0.15) is 4.98 Å². The molecule has 29 heavy (non-hydrogen) atoms. The third-order valence-corrected chi connectivity index (χ3v) is 5.34. The molecular weight excluding hydrogens is 410 g/mol. The van der Waals surface area contributed by atoms with Gasteiger partial charge in [0.2, 0.25) is 5.95 Å². The number of nitrogens with one attached hydrogen (secondary N) is 2. The maximum Gasteiger partial charge on any atom is 0.232 e. The number of hydrogen-bond acceptors (Lipinski definition) is 6. The minimum absolute atomic E-state index is 0.399. The number of anilines is 2. The van der Waals surface area contributed by atoms with Crippen LogP contribution in [0.1, 0.15) is 31.2 Å². The molecule has 1 aromatic heterocycles. The summed E-state index contributed by atoms with van der Waals surface area (Å²) in [7, 11) is 0. The highest BCUT2D eigenvalue weighted by Gasteiger charge is 2.15. The Bertz CT molecular complexity index is 874. The van der Waals surface area contributed by atoms with Gasteiger partial charge >= 0.3 is 0 Å². The fourth-order valence-electron chi connectivity index (χ4n) is 3.45. The van der Waals surface area contributed by atoms with E-state index in [0.29, 0.717) is 36.0 Å². The summed E-state index contributed by atoms with van der Waals surface area (Å²) in [5.74, 6) is 2.77. The van der Waals surface area contributed by atoms with Crippen LogP contribution in [0.25, 0.3) is 0 Å². The molecule has 2 aliphatic heterocycles. The Hall–Kier alpha value is -2.32. The molecule has 0 aliphatic carbocycles. The molecule has 0 spiro atoms. The minimum Gasteiger partial charge on any atom is -0.486 e. The van der Waals surface area contributed by atoms with Crippen LogP contribution >= 0.6 is 23.8 Å². The highest BCUT2D eigenvalue weighted by Crippen LogP contribution is 2.30. The second-order valence-electron chi connectivity index (χ2n) is 7.06. The van der Waals surface area contributed by atoms with Gasteiger partial charge in [0, 0.05) is 25.7 Å². The smallest absolute Gasteiger partial charge is 0.232 e. The number of ether oxygens (including phenoxy) is 2. The summed E-state index contributed by atoms with van der Waals surface area (Å²) in [6, 6.07) is 7.66. The molecule has 1 fully saturated rings. The van der Waals surface area contributed by atoms with Crippen LogP contribution in [-0.2, 0) is 6.54 Å². The molecular formula is C20H24ClN5O2S. The number of hydrogen-bond donors (Lipinski definition) is 2. The van der Waals surface area contributed by atoms with Gasteiger partial charge in [0.15, 0.2) is 16.6 Å². The Labute approximate surface area is 180 Å². The molecule has 9 heteroatoms. The zero-order valence-electron chi connectivity index (χ0n) is 16.1. The minimum atomic E-state index is 0.399. The molecule has 4 rings (SSSR count). The number of fused-ring (bicyclic) bond motifs is 1. The van der Waals surface area contributed by atoms with Crippen LogP contribution in [0, 0.1) is 0 Å². The van der Waals surface area contributed by atoms with Crippen LogP contribution < -0.4 is 25.0 Å². The lowest BCUT2D eigenvalue weighted by Crippen LogP contribution is -2.30. The summed E-state index contributed by atoms with van der Waals surface area (Å²) >= 11 is 11.6. The summed E-state index contributed by atoms with van der Waals surface area (Å²) in [5.41, 5.74) is 1.04. The van der Waals surface area contributed by atoms with Crippen LogP contribution in [0.15, 0.2) is 24.3 Å². The zero-order valence-corrected chi connectivity index (χ0v) is 17.7. The van der Waals surface area contributed by atoms with Crippen molar-refractivity contribution in [2.75, 3.05) is 36.5 Å². The van der Waals surface area contributed by atoms with E-state index in [-0.39, 0.29) is 0 Å². The highest BCUT2D eigenvalue weighted by atomic mass is 35.5. The lowest BCUT2D eigenvalue weighted by molar-refractivity contribution is 0.171. The Balaban J connectivity index is 1.36. The number of aromatic nitrogens is 2. The Morgan fingerprint density at radius 3 is 2.59 bits per heavy atom. The standard InChI is InChI=1S/C20H24ClN5O2S/c21-17-12-18(26-7-3-1-2-4-8-26)24-19(23-17)25-20(29)22-13-14-5-6-15-16(11-14)28-10-9-27-15/h5-6,11-12H,1-4,7-10,13H2,(H2,22,23,24,25,29). The van der Waals surface area contributed by atoms with Crippen molar-refractivity contribution in [2.45, 2.75) is 32.2 Å². The van der Waals surface area contributed by atoms with Crippen LogP contribution in [0.5, 0.6) is 11.5 Å². The van der Waals surface area contributed by atoms with Crippen molar-refractivity contribution in [3.63, 3.8) is 0 Å². The van der Waals surface area contributed by atoms with E-state index in [2.05, 4.69) is 25.5 Å². The molecule has 0 atom stereocenters. The first-order valence-corrected chi connectivity index (χ1v) is 10.7. The number of thiocarbonyl (C=S) groups is 1. The Morgan fingerprint density at radius 2 is 1.79 bits per heavy atom. The molecule has 0 saturated carbocycles. The van der Waals surface area contributed by atoms with E-state index in [9.17, 15) is 0 Å². The van der Waals surface area contributed by atoms with E-state index in [1.165, 1.54) is 25.7 Å². The van der Waals surface area contributed by atoms with Crippen molar-refractivity contribution in [3.8, 4) is 11.5 Å². The second-order valence-corrected chi connectivity index (χ2v) is 7.85. The molecule has 3 heterocycles. The number of rotatable bonds is 4. The van der Waals surface area contributed by atoms with Gasteiger partial charge in [-0.3, -0.25) is 0 Å². The fraction of sp³-hybridized carbons (Fsp3) is 0.450. The molecule has 0 radical (unpaired) electrons. The third-order valence-electron chi connectivity index (χ3n) is 4.90. The van der Waals surface area contributed by atoms with Gasteiger partial charge < -0.3 is 25.0 Å². The molecule has 0 bridgehead atoms. The van der Waals surface area contributed by atoms with E-state index in [1.807, 2.05) is 24.3 Å². The van der Waals surface area contributed by atoms with Gasteiger partial charge in [-0.25, -0.2) is 4.98 Å². The largest absolute Gasteiger partial charge is 0.486 e. The Kier molecular flexibility index (Phi) is 6.51. The summed E-state index contributed by atoms with van der Waals surface area (Å²) in [5, 5.41) is 7.05. The maximum absolute atomic E-state index is 6.23. The number of benzene rings is 1. The molecule has 0 amide bonds. The third kappa shape index (κ3) is 5.39. The molecule has 154 valence electrons. The lowest BCUT2D eigenvalue weighted by Gasteiger charge is -2.22. The van der Waals surface area contributed by atoms with Crippen molar-refractivity contribution in [1.82, 2.24) is 15.3 Å². The van der Waals surface area contributed by atoms with Gasteiger partial charge in [0.05, 0.1) is 0 Å². The second kappa shape index (κ2) is 9.45. The van der Waals surface area contributed by atoms with Gasteiger partial charge in [-0.15, -0.1) is 0 Å². The number of nitrogens with zero attached hydrogens (tertiary/aromatic N) is 3. The zero-order chi connectivity index (χ0) is 20.1. The molecule has 2 aliphatic rings. The first-order valence-electron chi connectivity index (χ1n) is 9.90. The average Bonchev–Trinajstić information content (AvgIpc) is 3.01. The first kappa shape index (κ1) is 20.0. The topological polar surface area (TPSA) is 71.5 Å². The highest BCUT2D eigenvalue weighted by molar-refractivity contribution is 7.80. The average molecular weight is 434 g/mol. The SMILES string of the molecule is S=C(NCc1ccc2c(c1)OCCO2)Nc1nc(Cl)cc(N2CCCCCC2)n1. The van der Waals surface area contributed by atoms with Crippen LogP contribution in [0.4, 0.5) is 11.8 Å². The summed E-state index contributed by atoms with van der Waals surface area (Å²) < 4.78 is 11.2. The molecule has 1 aromatic carbocycles. The molecule has 2 aromatic rings. The fourth-order valence-corrected chi connectivity index (χ4v) is 3.79. The van der Waals surface area contributed by atoms with Gasteiger partial charge in [-0.05, 0) is 42.8 Å². The van der Waals surface area contributed by atoms with Crippen molar-refractivity contribution >= 4 is 40.7 Å². The van der Waals surface area contributed by atoms with Crippen molar-refractivity contribution in [1.29, 1.82) is 0 Å². The lowest BCUT2D eigenvalue weighted by atomic mass is 10.2. The van der Waals surface area contributed by atoms with Crippen molar-refractivity contribution in [3.05, 3.63) is 35.0 Å². The predicted octanol–water partition coefficient (Wildman–Crippen LogP) is 3.77. The Morgan fingerprint density at radius 1 is 1.03 bits per heavy atom. The van der Waals surface area contributed by atoms with Crippen LogP contribution in [0.3, 0.4) is 0 Å². The van der Waals surface area contributed by atoms with E-state index >= 15 is 0 Å².